The van der Waals surface area contributed by atoms with Gasteiger partial charge in [-0.1, -0.05) is 13.8 Å². The van der Waals surface area contributed by atoms with Crippen molar-refractivity contribution in [3.63, 3.8) is 0 Å². The van der Waals surface area contributed by atoms with Crippen LogP contribution in [0.3, 0.4) is 0 Å². The predicted molar refractivity (Wildman–Crippen MR) is 82.2 cm³/mol. The summed E-state index contributed by atoms with van der Waals surface area (Å²) in [6.45, 7) is 4.13. The summed E-state index contributed by atoms with van der Waals surface area (Å²) >= 11 is 0. The van der Waals surface area contributed by atoms with Crippen LogP contribution in [-0.2, 0) is 0 Å². The maximum atomic E-state index is 5.96. The number of nitrogens with one attached hydrogen (secondary N) is 1. The monoisotopic (exact) mass is 291 g/mol. The highest BCUT2D eigenvalue weighted by atomic mass is 16.5. The number of hydrogen-bond donors (Lipinski definition) is 2. The molecule has 0 aliphatic carbocycles. The van der Waals surface area contributed by atoms with Gasteiger partial charge in [0, 0.05) is 17.2 Å². The van der Waals surface area contributed by atoms with Crippen LogP contribution in [0.5, 0.6) is 17.2 Å². The van der Waals surface area contributed by atoms with Gasteiger partial charge in [-0.25, -0.2) is 0 Å². The lowest BCUT2D eigenvalue weighted by atomic mass is 9.98. The lowest BCUT2D eigenvalue weighted by Crippen LogP contribution is -1.98. The van der Waals surface area contributed by atoms with Gasteiger partial charge in [0.2, 0.25) is 0 Å². The summed E-state index contributed by atoms with van der Waals surface area (Å²) in [5.41, 5.74) is 8.59. The first kappa shape index (κ1) is 15.0. The minimum absolute atomic E-state index is 0.233. The minimum atomic E-state index is 0.233. The van der Waals surface area contributed by atoms with Gasteiger partial charge in [-0.3, -0.25) is 5.10 Å². The number of methoxy groups -OCH3 is 3. The topological polar surface area (TPSA) is 82.4 Å². The van der Waals surface area contributed by atoms with Crippen molar-refractivity contribution in [2.75, 3.05) is 27.1 Å². The fraction of sp³-hybridized carbons (Fsp3) is 0.400. The van der Waals surface area contributed by atoms with E-state index in [0.717, 1.165) is 16.8 Å². The third-order valence-corrected chi connectivity index (χ3v) is 3.39. The van der Waals surface area contributed by atoms with Crippen LogP contribution in [0.1, 0.15) is 25.3 Å². The van der Waals surface area contributed by atoms with Crippen molar-refractivity contribution in [3.8, 4) is 28.5 Å². The molecule has 0 atom stereocenters. The number of hydrogen-bond acceptors (Lipinski definition) is 5. The highest BCUT2D eigenvalue weighted by Crippen LogP contribution is 2.42. The molecule has 0 aliphatic rings. The Balaban J connectivity index is 2.68. The van der Waals surface area contributed by atoms with Crippen LogP contribution in [0, 0.1) is 0 Å². The average Bonchev–Trinajstić information content (AvgIpc) is 2.87. The summed E-state index contributed by atoms with van der Waals surface area (Å²) in [4.78, 5) is 0. The summed E-state index contributed by atoms with van der Waals surface area (Å²) in [5.74, 6) is 2.62. The summed E-state index contributed by atoms with van der Waals surface area (Å²) in [6, 6.07) is 3.64. The highest BCUT2D eigenvalue weighted by molar-refractivity contribution is 5.77. The normalized spacial score (nSPS) is 10.8. The van der Waals surface area contributed by atoms with E-state index in [0.29, 0.717) is 23.1 Å². The van der Waals surface area contributed by atoms with Crippen LogP contribution >= 0.6 is 0 Å². The Kier molecular flexibility index (Phi) is 4.26. The van der Waals surface area contributed by atoms with Crippen LogP contribution in [0.4, 0.5) is 5.82 Å². The van der Waals surface area contributed by atoms with E-state index >= 15 is 0 Å². The Morgan fingerprint density at radius 1 is 1.00 bits per heavy atom. The predicted octanol–water partition coefficient (Wildman–Crippen LogP) is 2.81. The number of rotatable bonds is 5. The van der Waals surface area contributed by atoms with E-state index in [1.165, 1.54) is 0 Å². The molecule has 3 N–H and O–H groups in total. The van der Waals surface area contributed by atoms with E-state index in [2.05, 4.69) is 24.0 Å². The van der Waals surface area contributed by atoms with Crippen molar-refractivity contribution in [3.05, 3.63) is 17.7 Å². The first-order valence-electron chi connectivity index (χ1n) is 6.67. The number of H-pyrrole nitrogens is 1. The molecule has 0 saturated carbocycles. The molecule has 0 amide bonds. The van der Waals surface area contributed by atoms with Gasteiger partial charge in [0.1, 0.15) is 11.6 Å². The van der Waals surface area contributed by atoms with Crippen molar-refractivity contribution >= 4 is 5.82 Å². The summed E-state index contributed by atoms with van der Waals surface area (Å²) in [5, 5.41) is 7.10. The van der Waals surface area contributed by atoms with Gasteiger partial charge in [0.15, 0.2) is 11.5 Å². The average molecular weight is 291 g/mol. The zero-order valence-electron chi connectivity index (χ0n) is 13.0. The molecular formula is C15H21N3O3. The standard InChI is InChI=1S/C15H21N3O3/c1-8(2)13-14(17-18-15(13)16)9-6-11(20-4)12(21-5)7-10(9)19-3/h6-8H,1-5H3,(H3,16,17,18). The lowest BCUT2D eigenvalue weighted by molar-refractivity contribution is 0.349. The lowest BCUT2D eigenvalue weighted by Gasteiger charge is -2.15. The van der Waals surface area contributed by atoms with Gasteiger partial charge in [-0.15, -0.1) is 0 Å². The van der Waals surface area contributed by atoms with Crippen LogP contribution in [0.25, 0.3) is 11.3 Å². The van der Waals surface area contributed by atoms with E-state index in [9.17, 15) is 0 Å². The molecule has 0 unspecified atom stereocenters. The van der Waals surface area contributed by atoms with E-state index in [1.54, 1.807) is 27.4 Å². The zero-order valence-corrected chi connectivity index (χ0v) is 13.0. The Morgan fingerprint density at radius 3 is 2.10 bits per heavy atom. The molecular weight excluding hydrogens is 270 g/mol. The number of anilines is 1. The fourth-order valence-corrected chi connectivity index (χ4v) is 2.38. The Labute approximate surface area is 124 Å². The minimum Gasteiger partial charge on any atom is -0.496 e. The number of benzene rings is 1. The molecule has 0 fully saturated rings. The van der Waals surface area contributed by atoms with Crippen LogP contribution in [0.15, 0.2) is 12.1 Å². The molecule has 0 saturated heterocycles. The number of aromatic nitrogens is 2. The van der Waals surface area contributed by atoms with Gasteiger partial charge < -0.3 is 19.9 Å². The van der Waals surface area contributed by atoms with Crippen LogP contribution in [0.2, 0.25) is 0 Å². The fourth-order valence-electron chi connectivity index (χ4n) is 2.38. The third-order valence-electron chi connectivity index (χ3n) is 3.39. The second kappa shape index (κ2) is 5.95. The van der Waals surface area contributed by atoms with Gasteiger partial charge in [-0.05, 0) is 12.0 Å². The second-order valence-electron chi connectivity index (χ2n) is 4.96. The summed E-state index contributed by atoms with van der Waals surface area (Å²) in [6.07, 6.45) is 0. The Bertz CT molecular complexity index is 635. The molecule has 0 bridgehead atoms. The van der Waals surface area contributed by atoms with Crippen molar-refractivity contribution in [2.24, 2.45) is 0 Å². The summed E-state index contributed by atoms with van der Waals surface area (Å²) < 4.78 is 16.1. The molecule has 0 radical (unpaired) electrons. The molecule has 6 nitrogen and oxygen atoms in total. The van der Waals surface area contributed by atoms with Crippen molar-refractivity contribution in [2.45, 2.75) is 19.8 Å². The first-order chi connectivity index (χ1) is 10.0. The molecule has 1 aromatic heterocycles. The SMILES string of the molecule is COc1cc(OC)c(-c2[nH]nc(N)c2C(C)C)cc1OC. The number of nitrogens with two attached hydrogens (primary N) is 1. The quantitative estimate of drug-likeness (QED) is 0.885. The molecule has 2 aromatic rings. The molecule has 0 spiro atoms. The van der Waals surface area contributed by atoms with Crippen LogP contribution < -0.4 is 19.9 Å². The molecule has 2 rings (SSSR count). The molecule has 1 heterocycles. The smallest absolute Gasteiger partial charge is 0.164 e. The van der Waals surface area contributed by atoms with Gasteiger partial charge in [0.25, 0.3) is 0 Å². The molecule has 6 heteroatoms. The number of aromatic amines is 1. The van der Waals surface area contributed by atoms with Crippen molar-refractivity contribution < 1.29 is 14.2 Å². The van der Waals surface area contributed by atoms with Crippen LogP contribution in [-0.4, -0.2) is 31.5 Å². The van der Waals surface area contributed by atoms with E-state index in [4.69, 9.17) is 19.9 Å². The van der Waals surface area contributed by atoms with E-state index in [1.807, 2.05) is 6.07 Å². The van der Waals surface area contributed by atoms with Gasteiger partial charge in [-0.2, -0.15) is 5.10 Å². The maximum Gasteiger partial charge on any atom is 0.164 e. The third kappa shape index (κ3) is 2.61. The maximum absolute atomic E-state index is 5.96. The van der Waals surface area contributed by atoms with Gasteiger partial charge >= 0.3 is 0 Å². The van der Waals surface area contributed by atoms with Crippen molar-refractivity contribution in [1.82, 2.24) is 10.2 Å². The first-order valence-corrected chi connectivity index (χ1v) is 6.67. The second-order valence-corrected chi connectivity index (χ2v) is 4.96. The number of ether oxygens (including phenoxy) is 3. The Morgan fingerprint density at radius 2 is 1.57 bits per heavy atom. The van der Waals surface area contributed by atoms with E-state index < -0.39 is 0 Å². The highest BCUT2D eigenvalue weighted by Gasteiger charge is 2.21. The Hall–Kier alpha value is -2.37. The molecule has 1 aromatic carbocycles. The molecule has 0 aliphatic heterocycles. The van der Waals surface area contributed by atoms with Crippen molar-refractivity contribution in [1.29, 1.82) is 0 Å². The largest absolute Gasteiger partial charge is 0.496 e. The molecule has 21 heavy (non-hydrogen) atoms. The van der Waals surface area contributed by atoms with Gasteiger partial charge in [0.05, 0.1) is 27.0 Å². The summed E-state index contributed by atoms with van der Waals surface area (Å²) in [7, 11) is 4.79. The molecule has 114 valence electrons. The number of nitrogens with zero attached hydrogens (tertiary/aromatic N) is 1. The number of nitrogen functional groups attached to an aromatic ring is 1. The zero-order chi connectivity index (χ0) is 15.6. The van der Waals surface area contributed by atoms with E-state index in [-0.39, 0.29) is 5.92 Å².